The maximum Gasteiger partial charge on any atom is 0.353 e. The Morgan fingerprint density at radius 1 is 1.50 bits per heavy atom. The second kappa shape index (κ2) is 7.13. The standard InChI is InChI=1S/C13H15NO4/c1-10(13(15)16)14-18-9-5-7-11-6-3-4-8-12(11)17-2/h3-8,14H,1,9H2,2H3,(H,15,16). The zero-order valence-electron chi connectivity index (χ0n) is 10.1. The molecule has 0 atom stereocenters. The van der Waals surface area contributed by atoms with E-state index in [0.717, 1.165) is 11.3 Å². The summed E-state index contributed by atoms with van der Waals surface area (Å²) in [6.45, 7) is 3.47. The van der Waals surface area contributed by atoms with Gasteiger partial charge in [0.05, 0.1) is 13.7 Å². The number of carboxylic acids is 1. The molecule has 0 aliphatic carbocycles. The van der Waals surface area contributed by atoms with Crippen LogP contribution in [0.4, 0.5) is 0 Å². The summed E-state index contributed by atoms with van der Waals surface area (Å²) in [5.41, 5.74) is 2.93. The van der Waals surface area contributed by atoms with Crippen molar-refractivity contribution in [2.45, 2.75) is 0 Å². The number of rotatable bonds is 7. The van der Waals surface area contributed by atoms with Gasteiger partial charge in [-0.05, 0) is 6.07 Å². The Morgan fingerprint density at radius 3 is 2.89 bits per heavy atom. The topological polar surface area (TPSA) is 67.8 Å². The van der Waals surface area contributed by atoms with Crippen LogP contribution in [0, 0.1) is 0 Å². The Morgan fingerprint density at radius 2 is 2.22 bits per heavy atom. The molecule has 5 nitrogen and oxygen atoms in total. The Labute approximate surface area is 105 Å². The normalized spacial score (nSPS) is 10.3. The van der Waals surface area contributed by atoms with Crippen molar-refractivity contribution in [3.63, 3.8) is 0 Å². The number of carboxylic acid groups (broad SMARTS) is 1. The van der Waals surface area contributed by atoms with Gasteiger partial charge in [0.1, 0.15) is 11.4 Å². The Balaban J connectivity index is 2.41. The fraction of sp³-hybridized carbons (Fsp3) is 0.154. The molecule has 0 unspecified atom stereocenters. The monoisotopic (exact) mass is 249 g/mol. The third-order valence-electron chi connectivity index (χ3n) is 2.07. The summed E-state index contributed by atoms with van der Waals surface area (Å²) in [7, 11) is 1.60. The predicted octanol–water partition coefficient (Wildman–Crippen LogP) is 1.83. The highest BCUT2D eigenvalue weighted by atomic mass is 16.6. The Kier molecular flexibility index (Phi) is 5.47. The van der Waals surface area contributed by atoms with Crippen LogP contribution >= 0.6 is 0 Å². The molecule has 0 fully saturated rings. The van der Waals surface area contributed by atoms with Crippen LogP contribution < -0.4 is 10.2 Å². The smallest absolute Gasteiger partial charge is 0.353 e. The van der Waals surface area contributed by atoms with Gasteiger partial charge in [0.2, 0.25) is 0 Å². The molecule has 2 N–H and O–H groups in total. The van der Waals surface area contributed by atoms with E-state index >= 15 is 0 Å². The van der Waals surface area contributed by atoms with Gasteiger partial charge in [-0.2, -0.15) is 0 Å². The van der Waals surface area contributed by atoms with Gasteiger partial charge in [-0.15, -0.1) is 0 Å². The first kappa shape index (κ1) is 13.8. The quantitative estimate of drug-likeness (QED) is 0.438. The fourth-order valence-corrected chi connectivity index (χ4v) is 1.20. The average molecular weight is 249 g/mol. The van der Waals surface area contributed by atoms with E-state index in [2.05, 4.69) is 12.1 Å². The number of carbonyl (C=O) groups is 1. The van der Waals surface area contributed by atoms with Crippen LogP contribution in [-0.4, -0.2) is 24.8 Å². The van der Waals surface area contributed by atoms with Crippen LogP contribution in [0.25, 0.3) is 6.08 Å². The van der Waals surface area contributed by atoms with E-state index in [1.807, 2.05) is 30.3 Å². The molecule has 0 aromatic heterocycles. The van der Waals surface area contributed by atoms with E-state index in [-0.39, 0.29) is 12.3 Å². The first-order valence-corrected chi connectivity index (χ1v) is 5.24. The van der Waals surface area contributed by atoms with Gasteiger partial charge in [0.25, 0.3) is 0 Å². The van der Waals surface area contributed by atoms with E-state index in [1.165, 1.54) is 0 Å². The van der Waals surface area contributed by atoms with Crippen molar-refractivity contribution in [2.24, 2.45) is 0 Å². The van der Waals surface area contributed by atoms with Crippen molar-refractivity contribution >= 4 is 12.0 Å². The number of benzene rings is 1. The Bertz CT molecular complexity index is 454. The molecular formula is C13H15NO4. The van der Waals surface area contributed by atoms with Crippen molar-refractivity contribution in [2.75, 3.05) is 13.7 Å². The molecule has 0 aliphatic heterocycles. The molecule has 0 aliphatic rings. The van der Waals surface area contributed by atoms with Gasteiger partial charge >= 0.3 is 5.97 Å². The van der Waals surface area contributed by atoms with Gasteiger partial charge in [-0.25, -0.2) is 4.79 Å². The zero-order valence-corrected chi connectivity index (χ0v) is 10.1. The van der Waals surface area contributed by atoms with Crippen LogP contribution in [0.1, 0.15) is 5.56 Å². The summed E-state index contributed by atoms with van der Waals surface area (Å²) >= 11 is 0. The first-order valence-electron chi connectivity index (χ1n) is 5.24. The minimum absolute atomic E-state index is 0.208. The molecule has 1 aromatic rings. The molecule has 0 saturated heterocycles. The number of hydroxylamine groups is 1. The SMILES string of the molecule is C=C(NOCC=Cc1ccccc1OC)C(=O)O. The largest absolute Gasteiger partial charge is 0.496 e. The first-order chi connectivity index (χ1) is 8.65. The van der Waals surface area contributed by atoms with Gasteiger partial charge < -0.3 is 9.84 Å². The maximum atomic E-state index is 10.4. The molecule has 0 saturated carbocycles. The minimum atomic E-state index is -1.15. The second-order valence-corrected chi connectivity index (χ2v) is 3.34. The number of aliphatic carboxylic acids is 1. The molecule has 0 radical (unpaired) electrons. The van der Waals surface area contributed by atoms with Gasteiger partial charge in [-0.1, -0.05) is 36.9 Å². The average Bonchev–Trinajstić information content (AvgIpc) is 2.38. The molecule has 1 rings (SSSR count). The van der Waals surface area contributed by atoms with Crippen LogP contribution in [0.5, 0.6) is 5.75 Å². The number of methoxy groups -OCH3 is 1. The number of para-hydroxylation sites is 1. The second-order valence-electron chi connectivity index (χ2n) is 3.34. The maximum absolute atomic E-state index is 10.4. The van der Waals surface area contributed by atoms with E-state index in [9.17, 15) is 4.79 Å². The van der Waals surface area contributed by atoms with Crippen molar-refractivity contribution in [1.29, 1.82) is 0 Å². The minimum Gasteiger partial charge on any atom is -0.496 e. The lowest BCUT2D eigenvalue weighted by atomic mass is 10.2. The zero-order chi connectivity index (χ0) is 13.4. The summed E-state index contributed by atoms with van der Waals surface area (Å²) in [5.74, 6) is -0.389. The summed E-state index contributed by atoms with van der Waals surface area (Å²) in [6, 6.07) is 7.53. The molecule has 0 bridgehead atoms. The number of hydrogen-bond donors (Lipinski definition) is 2. The highest BCUT2D eigenvalue weighted by Gasteiger charge is 2.01. The molecule has 96 valence electrons. The molecule has 1 aromatic carbocycles. The van der Waals surface area contributed by atoms with Gasteiger partial charge in [-0.3, -0.25) is 10.3 Å². The summed E-state index contributed by atoms with van der Waals surface area (Å²) in [5, 5.41) is 8.51. The lowest BCUT2D eigenvalue weighted by Gasteiger charge is -2.04. The third kappa shape index (κ3) is 4.31. The fourth-order valence-electron chi connectivity index (χ4n) is 1.20. The highest BCUT2D eigenvalue weighted by Crippen LogP contribution is 2.18. The lowest BCUT2D eigenvalue weighted by Crippen LogP contribution is -2.19. The molecule has 0 heterocycles. The molecule has 18 heavy (non-hydrogen) atoms. The summed E-state index contributed by atoms with van der Waals surface area (Å²) in [4.78, 5) is 15.3. The number of ether oxygens (including phenoxy) is 1. The molecule has 0 amide bonds. The lowest BCUT2D eigenvalue weighted by molar-refractivity contribution is -0.134. The van der Waals surface area contributed by atoms with E-state index < -0.39 is 5.97 Å². The molecular weight excluding hydrogens is 234 g/mol. The van der Waals surface area contributed by atoms with Crippen LogP contribution in [0.3, 0.4) is 0 Å². The van der Waals surface area contributed by atoms with Crippen LogP contribution in [-0.2, 0) is 9.63 Å². The third-order valence-corrected chi connectivity index (χ3v) is 2.07. The van der Waals surface area contributed by atoms with Crippen LogP contribution in [0.15, 0.2) is 42.6 Å². The van der Waals surface area contributed by atoms with Crippen molar-refractivity contribution < 1.29 is 19.5 Å². The van der Waals surface area contributed by atoms with Crippen molar-refractivity contribution in [1.82, 2.24) is 5.48 Å². The van der Waals surface area contributed by atoms with E-state index in [0.29, 0.717) is 0 Å². The molecule has 5 heteroatoms. The molecule has 0 spiro atoms. The number of nitrogens with one attached hydrogen (secondary N) is 1. The number of hydrogen-bond acceptors (Lipinski definition) is 4. The highest BCUT2D eigenvalue weighted by molar-refractivity contribution is 5.84. The van der Waals surface area contributed by atoms with E-state index in [4.69, 9.17) is 14.7 Å². The van der Waals surface area contributed by atoms with Crippen molar-refractivity contribution in [3.8, 4) is 5.75 Å². The van der Waals surface area contributed by atoms with Gasteiger partial charge in [0.15, 0.2) is 0 Å². The van der Waals surface area contributed by atoms with Crippen molar-refractivity contribution in [3.05, 3.63) is 48.2 Å². The van der Waals surface area contributed by atoms with Crippen LogP contribution in [0.2, 0.25) is 0 Å². The predicted molar refractivity (Wildman–Crippen MR) is 67.9 cm³/mol. The summed E-state index contributed by atoms with van der Waals surface area (Å²) < 4.78 is 5.17. The van der Waals surface area contributed by atoms with E-state index in [1.54, 1.807) is 13.2 Å². The summed E-state index contributed by atoms with van der Waals surface area (Å²) in [6.07, 6.45) is 3.56. The van der Waals surface area contributed by atoms with Gasteiger partial charge in [0, 0.05) is 5.56 Å². The Hall–Kier alpha value is -2.27.